The van der Waals surface area contributed by atoms with Gasteiger partial charge in [0.1, 0.15) is 24.7 Å². The lowest BCUT2D eigenvalue weighted by molar-refractivity contribution is -0.200. The second-order valence-electron chi connectivity index (χ2n) is 14.2. The van der Waals surface area contributed by atoms with Crippen molar-refractivity contribution in [3.05, 3.63) is 191 Å². The van der Waals surface area contributed by atoms with Crippen LogP contribution in [0.1, 0.15) is 50.7 Å². The summed E-state index contributed by atoms with van der Waals surface area (Å²) in [5, 5.41) is 2.95. The van der Waals surface area contributed by atoms with Crippen molar-refractivity contribution in [3.8, 4) is 22.6 Å². The third-order valence-corrected chi connectivity index (χ3v) is 9.98. The Kier molecular flexibility index (Phi) is 14.9. The molecule has 0 saturated carbocycles. The maximum atomic E-state index is 13.4. The van der Waals surface area contributed by atoms with Crippen molar-refractivity contribution in [3.63, 3.8) is 0 Å². The number of methoxy groups -OCH3 is 1. The van der Waals surface area contributed by atoms with Crippen molar-refractivity contribution in [1.29, 1.82) is 0 Å². The summed E-state index contributed by atoms with van der Waals surface area (Å²) in [7, 11) is 1.61. The fourth-order valence-electron chi connectivity index (χ4n) is 7.02. The molecule has 304 valence electrons. The molecule has 1 N–H and O–H groups in total. The topological polar surface area (TPSA) is 93.7 Å². The highest BCUT2D eigenvalue weighted by Gasteiger charge is 2.39. The van der Waals surface area contributed by atoms with Gasteiger partial charge in [0, 0.05) is 37.3 Å². The molecule has 6 aromatic carbocycles. The monoisotopic (exact) mass is 793 g/mol. The average Bonchev–Trinajstić information content (AvgIpc) is 3.68. The molecule has 9 nitrogen and oxygen atoms in total. The van der Waals surface area contributed by atoms with Gasteiger partial charge in [-0.15, -0.1) is 0 Å². The number of benzene rings is 6. The summed E-state index contributed by atoms with van der Waals surface area (Å²) in [6.07, 6.45) is -1.42. The maximum Gasteiger partial charge on any atom is 0.251 e. The SMILES string of the molecule is CCc1c(OCc2ccccc2)cc(OCc2ccccc2)c(-c2cccc(C(=O)NCCOC)c2)c1CC1O[C@@H](OCc2ccccc2)[C@H](OCc2ccccc2)O1. The van der Waals surface area contributed by atoms with E-state index in [1.165, 1.54) is 0 Å². The van der Waals surface area contributed by atoms with E-state index in [0.717, 1.165) is 44.5 Å². The van der Waals surface area contributed by atoms with Gasteiger partial charge in [0.15, 0.2) is 6.29 Å². The van der Waals surface area contributed by atoms with Crippen LogP contribution in [0.3, 0.4) is 0 Å². The standard InChI is InChI=1S/C50H51NO8/c1-3-42-43(30-46-58-49(56-34-38-21-12-6-13-22-38)50(59-46)57-35-39-23-14-7-15-24-39)47(40-25-16-26-41(29-40)48(52)51-27-28-53-2)45(55-33-37-19-10-5-11-20-37)31-44(42)54-32-36-17-8-4-9-18-36/h4-26,29,31,46,49-50H,3,27-28,30,32-35H2,1-2H3,(H,51,52)/t49-,50-/m1/s1. The molecular formula is C50H51NO8. The average molecular weight is 794 g/mol. The van der Waals surface area contributed by atoms with Crippen LogP contribution in [0.2, 0.25) is 0 Å². The zero-order valence-electron chi connectivity index (χ0n) is 33.6. The van der Waals surface area contributed by atoms with E-state index in [1.807, 2.05) is 146 Å². The molecule has 2 atom stereocenters. The summed E-state index contributed by atoms with van der Waals surface area (Å²) in [6, 6.07) is 49.6. The Labute approximate surface area is 346 Å². The molecule has 6 aromatic rings. The van der Waals surface area contributed by atoms with Crippen LogP contribution >= 0.6 is 0 Å². The summed E-state index contributed by atoms with van der Waals surface area (Å²) in [5.74, 6) is 1.10. The van der Waals surface area contributed by atoms with Crippen molar-refractivity contribution in [2.45, 2.75) is 65.1 Å². The van der Waals surface area contributed by atoms with Gasteiger partial charge < -0.3 is 38.5 Å². The number of nitrogens with one attached hydrogen (secondary N) is 1. The molecule has 0 aliphatic carbocycles. The molecule has 9 heteroatoms. The van der Waals surface area contributed by atoms with Crippen LogP contribution in [0.5, 0.6) is 11.5 Å². The lowest BCUT2D eigenvalue weighted by atomic mass is 9.89. The van der Waals surface area contributed by atoms with Gasteiger partial charge >= 0.3 is 0 Å². The van der Waals surface area contributed by atoms with E-state index in [9.17, 15) is 4.79 Å². The van der Waals surface area contributed by atoms with Gasteiger partial charge in [-0.05, 0) is 57.5 Å². The van der Waals surface area contributed by atoms with Gasteiger partial charge in [-0.2, -0.15) is 0 Å². The first kappa shape index (κ1) is 41.4. The van der Waals surface area contributed by atoms with Crippen LogP contribution in [0, 0.1) is 0 Å². The van der Waals surface area contributed by atoms with E-state index in [4.69, 9.17) is 33.2 Å². The van der Waals surface area contributed by atoms with E-state index in [0.29, 0.717) is 69.5 Å². The fourth-order valence-corrected chi connectivity index (χ4v) is 7.02. The highest BCUT2D eigenvalue weighted by molar-refractivity contribution is 5.96. The zero-order chi connectivity index (χ0) is 40.7. The summed E-state index contributed by atoms with van der Waals surface area (Å²) in [5.41, 5.74) is 8.08. The second-order valence-corrected chi connectivity index (χ2v) is 14.2. The number of hydrogen-bond donors (Lipinski definition) is 1. The van der Waals surface area contributed by atoms with E-state index >= 15 is 0 Å². The molecule has 59 heavy (non-hydrogen) atoms. The molecule has 1 aliphatic rings. The number of rotatable bonds is 20. The summed E-state index contributed by atoms with van der Waals surface area (Å²) >= 11 is 0. The summed E-state index contributed by atoms with van der Waals surface area (Å²) < 4.78 is 44.5. The molecule has 1 amide bonds. The number of ether oxygens (including phenoxy) is 7. The molecule has 1 aliphatic heterocycles. The Balaban J connectivity index is 1.28. The lowest BCUT2D eigenvalue weighted by Gasteiger charge is -2.24. The minimum atomic E-state index is -0.803. The highest BCUT2D eigenvalue weighted by Crippen LogP contribution is 2.43. The number of carbonyl (C=O) groups excluding carboxylic acids is 1. The first-order valence-corrected chi connectivity index (χ1v) is 20.1. The molecule has 7 rings (SSSR count). The lowest BCUT2D eigenvalue weighted by Crippen LogP contribution is -2.28. The molecule has 0 aromatic heterocycles. The van der Waals surface area contributed by atoms with E-state index in [-0.39, 0.29) is 5.91 Å². The fraction of sp³-hybridized carbons (Fsp3) is 0.260. The first-order chi connectivity index (χ1) is 29.1. The Morgan fingerprint density at radius 1 is 0.593 bits per heavy atom. The van der Waals surface area contributed by atoms with Crippen LogP contribution in [-0.4, -0.2) is 45.0 Å². The van der Waals surface area contributed by atoms with Crippen LogP contribution in [0.15, 0.2) is 152 Å². The summed E-state index contributed by atoms with van der Waals surface area (Å²) in [6.45, 7) is 4.22. The van der Waals surface area contributed by atoms with Gasteiger partial charge in [0.25, 0.3) is 5.91 Å². The van der Waals surface area contributed by atoms with Crippen molar-refractivity contribution in [2.24, 2.45) is 0 Å². The largest absolute Gasteiger partial charge is 0.488 e. The third-order valence-electron chi connectivity index (χ3n) is 9.98. The van der Waals surface area contributed by atoms with Crippen molar-refractivity contribution >= 4 is 5.91 Å². The predicted molar refractivity (Wildman–Crippen MR) is 227 cm³/mol. The Bertz CT molecular complexity index is 2150. The molecule has 0 unspecified atom stereocenters. The van der Waals surface area contributed by atoms with Crippen molar-refractivity contribution in [2.75, 3.05) is 20.3 Å². The third kappa shape index (κ3) is 11.4. The molecule has 1 saturated heterocycles. The first-order valence-electron chi connectivity index (χ1n) is 20.1. The van der Waals surface area contributed by atoms with E-state index in [2.05, 4.69) is 12.2 Å². The number of amides is 1. The molecule has 1 fully saturated rings. The molecule has 0 bridgehead atoms. The van der Waals surface area contributed by atoms with E-state index in [1.54, 1.807) is 13.2 Å². The van der Waals surface area contributed by atoms with Crippen molar-refractivity contribution in [1.82, 2.24) is 5.32 Å². The van der Waals surface area contributed by atoms with Gasteiger partial charge in [-0.3, -0.25) is 4.79 Å². The van der Waals surface area contributed by atoms with E-state index < -0.39 is 18.9 Å². The zero-order valence-corrected chi connectivity index (χ0v) is 33.6. The minimum Gasteiger partial charge on any atom is -0.488 e. The molecule has 1 heterocycles. The van der Waals surface area contributed by atoms with Gasteiger partial charge in [-0.25, -0.2) is 0 Å². The molecular weight excluding hydrogens is 743 g/mol. The van der Waals surface area contributed by atoms with Crippen molar-refractivity contribution < 1.29 is 38.0 Å². The minimum absolute atomic E-state index is 0.199. The van der Waals surface area contributed by atoms with Crippen LogP contribution < -0.4 is 14.8 Å². The van der Waals surface area contributed by atoms with Gasteiger partial charge in [0.05, 0.1) is 19.8 Å². The number of hydrogen-bond acceptors (Lipinski definition) is 8. The Morgan fingerprint density at radius 2 is 1.10 bits per heavy atom. The maximum absolute atomic E-state index is 13.4. The second kappa shape index (κ2) is 21.3. The van der Waals surface area contributed by atoms with Gasteiger partial charge in [0.2, 0.25) is 12.6 Å². The highest BCUT2D eigenvalue weighted by atomic mass is 16.9. The van der Waals surface area contributed by atoms with Crippen LogP contribution in [0.4, 0.5) is 0 Å². The molecule has 0 spiro atoms. The quantitative estimate of drug-likeness (QED) is 0.0765. The summed E-state index contributed by atoms with van der Waals surface area (Å²) in [4.78, 5) is 13.4. The van der Waals surface area contributed by atoms with Crippen LogP contribution in [0.25, 0.3) is 11.1 Å². The van der Waals surface area contributed by atoms with Crippen LogP contribution in [-0.2, 0) is 63.0 Å². The Morgan fingerprint density at radius 3 is 1.61 bits per heavy atom. The van der Waals surface area contributed by atoms with Gasteiger partial charge in [-0.1, -0.05) is 140 Å². The Hall–Kier alpha value is -5.81. The number of carbonyl (C=O) groups is 1. The predicted octanol–water partition coefficient (Wildman–Crippen LogP) is 9.45. The smallest absolute Gasteiger partial charge is 0.251 e. The molecule has 0 radical (unpaired) electrons. The normalized spacial score (nSPS) is 15.2.